The van der Waals surface area contributed by atoms with Crippen LogP contribution in [0.25, 0.3) is 0 Å². The summed E-state index contributed by atoms with van der Waals surface area (Å²) in [5.41, 5.74) is 1.12. The van der Waals surface area contributed by atoms with Crippen LogP contribution in [0.1, 0.15) is 11.4 Å². The van der Waals surface area contributed by atoms with Crippen molar-refractivity contribution in [3.8, 4) is 5.75 Å². The zero-order chi connectivity index (χ0) is 22.2. The fourth-order valence-electron chi connectivity index (χ4n) is 2.73. The molecule has 0 saturated heterocycles. The summed E-state index contributed by atoms with van der Waals surface area (Å²) in [5, 5.41) is 22.5. The summed E-state index contributed by atoms with van der Waals surface area (Å²) in [6, 6.07) is 13.7. The van der Waals surface area contributed by atoms with Gasteiger partial charge in [0.25, 0.3) is 5.69 Å². The number of nitro groups is 1. The number of hydrogen-bond donors (Lipinski definition) is 1. The van der Waals surface area contributed by atoms with E-state index in [2.05, 4.69) is 22.1 Å². The number of aryl methyl sites for hydroxylation is 1. The predicted molar refractivity (Wildman–Crippen MR) is 118 cm³/mol. The second-order valence-electron chi connectivity index (χ2n) is 6.49. The number of para-hydroxylation sites is 1. The molecule has 9 nitrogen and oxygen atoms in total. The summed E-state index contributed by atoms with van der Waals surface area (Å²) in [5.74, 6) is 1.20. The Morgan fingerprint density at radius 2 is 2.06 bits per heavy atom. The number of nitrogens with one attached hydrogen (secondary N) is 1. The summed E-state index contributed by atoms with van der Waals surface area (Å²) < 4.78 is 7.58. The highest BCUT2D eigenvalue weighted by Crippen LogP contribution is 2.23. The van der Waals surface area contributed by atoms with Crippen molar-refractivity contribution in [3.05, 3.63) is 82.7 Å². The first-order chi connectivity index (χ1) is 15.0. The lowest BCUT2D eigenvalue weighted by atomic mass is 10.2. The lowest BCUT2D eigenvalue weighted by molar-refractivity contribution is -0.384. The first-order valence-corrected chi connectivity index (χ1v) is 10.3. The number of rotatable bonds is 10. The Morgan fingerprint density at radius 1 is 1.29 bits per heavy atom. The van der Waals surface area contributed by atoms with Gasteiger partial charge < -0.3 is 10.1 Å². The lowest BCUT2D eigenvalue weighted by Crippen LogP contribution is -2.15. The van der Waals surface area contributed by atoms with Crippen LogP contribution in [0, 0.1) is 17.0 Å². The number of thioether (sulfide) groups is 1. The second-order valence-corrected chi connectivity index (χ2v) is 7.44. The molecular formula is C21H21N5O4S. The van der Waals surface area contributed by atoms with Gasteiger partial charge in [-0.15, -0.1) is 16.8 Å². The molecule has 0 bridgehead atoms. The van der Waals surface area contributed by atoms with Gasteiger partial charge in [-0.25, -0.2) is 0 Å². The monoisotopic (exact) mass is 439 g/mol. The third kappa shape index (κ3) is 5.92. The van der Waals surface area contributed by atoms with Gasteiger partial charge in [-0.05, 0) is 30.7 Å². The van der Waals surface area contributed by atoms with Crippen LogP contribution in [0.15, 0.2) is 66.3 Å². The Bertz CT molecular complexity index is 1080. The zero-order valence-electron chi connectivity index (χ0n) is 16.9. The maximum Gasteiger partial charge on any atom is 0.269 e. The average molecular weight is 439 g/mol. The third-order valence-corrected chi connectivity index (χ3v) is 5.21. The first kappa shape index (κ1) is 22.0. The molecular weight excluding hydrogens is 418 g/mol. The second kappa shape index (κ2) is 10.4. The molecule has 0 aliphatic heterocycles. The Hall–Kier alpha value is -3.66. The van der Waals surface area contributed by atoms with Crippen LogP contribution >= 0.6 is 11.8 Å². The van der Waals surface area contributed by atoms with Gasteiger partial charge >= 0.3 is 0 Å². The molecule has 0 saturated carbocycles. The average Bonchev–Trinajstić information content (AvgIpc) is 3.14. The summed E-state index contributed by atoms with van der Waals surface area (Å²) >= 11 is 1.24. The number of ether oxygens (including phenoxy) is 1. The van der Waals surface area contributed by atoms with Gasteiger partial charge in [0.05, 0.1) is 10.7 Å². The van der Waals surface area contributed by atoms with Gasteiger partial charge in [-0.3, -0.25) is 19.5 Å². The van der Waals surface area contributed by atoms with Crippen molar-refractivity contribution >= 4 is 29.0 Å². The number of benzene rings is 2. The summed E-state index contributed by atoms with van der Waals surface area (Å²) in [4.78, 5) is 22.7. The van der Waals surface area contributed by atoms with Gasteiger partial charge in [0, 0.05) is 24.4 Å². The zero-order valence-corrected chi connectivity index (χ0v) is 17.7. The van der Waals surface area contributed by atoms with Crippen molar-refractivity contribution in [2.24, 2.45) is 0 Å². The number of nitro benzene ring substituents is 1. The molecule has 1 N–H and O–H groups in total. The Balaban J connectivity index is 1.61. The van der Waals surface area contributed by atoms with E-state index >= 15 is 0 Å². The number of allylic oxidation sites excluding steroid dienone is 1. The number of nitrogens with zero attached hydrogens (tertiary/aromatic N) is 4. The molecule has 3 aromatic rings. The van der Waals surface area contributed by atoms with Crippen LogP contribution in [0.4, 0.5) is 11.4 Å². The van der Waals surface area contributed by atoms with E-state index in [4.69, 9.17) is 4.74 Å². The first-order valence-electron chi connectivity index (χ1n) is 9.36. The van der Waals surface area contributed by atoms with Crippen molar-refractivity contribution in [2.45, 2.75) is 25.2 Å². The molecule has 0 aliphatic carbocycles. The number of aromatic nitrogens is 3. The summed E-state index contributed by atoms with van der Waals surface area (Å²) in [6.45, 7) is 6.18. The minimum atomic E-state index is -0.472. The van der Waals surface area contributed by atoms with Crippen molar-refractivity contribution < 1.29 is 14.5 Å². The molecule has 3 rings (SSSR count). The maximum atomic E-state index is 12.4. The molecule has 1 amide bonds. The van der Waals surface area contributed by atoms with Crippen molar-refractivity contribution in [2.75, 3.05) is 11.1 Å². The molecule has 0 radical (unpaired) electrons. The molecule has 160 valence electrons. The Labute approximate surface area is 183 Å². The lowest BCUT2D eigenvalue weighted by Gasteiger charge is -2.10. The molecule has 0 aliphatic rings. The number of carbonyl (C=O) groups excluding carboxylic acids is 1. The highest BCUT2D eigenvalue weighted by atomic mass is 32.2. The maximum absolute atomic E-state index is 12.4. The molecule has 31 heavy (non-hydrogen) atoms. The van der Waals surface area contributed by atoms with Gasteiger partial charge in [-0.1, -0.05) is 36.0 Å². The molecule has 2 aromatic carbocycles. The van der Waals surface area contributed by atoms with E-state index in [0.29, 0.717) is 28.8 Å². The SMILES string of the molecule is C=CCn1c(COc2ccccc2)nnc1SCC(=O)Nc1ccc([N+](=O)[O-])cc1C. The Kier molecular flexibility index (Phi) is 7.39. The fourth-order valence-corrected chi connectivity index (χ4v) is 3.49. The molecule has 0 atom stereocenters. The van der Waals surface area contributed by atoms with Crippen LogP contribution in [0.5, 0.6) is 5.75 Å². The van der Waals surface area contributed by atoms with E-state index < -0.39 is 4.92 Å². The summed E-state index contributed by atoms with van der Waals surface area (Å²) in [6.07, 6.45) is 1.72. The predicted octanol–water partition coefficient (Wildman–Crippen LogP) is 3.99. The standard InChI is InChI=1S/C21H21N5O4S/c1-3-11-25-19(13-30-17-7-5-4-6-8-17)23-24-21(25)31-14-20(27)22-18-10-9-16(26(28)29)12-15(18)2/h3-10,12H,1,11,13-14H2,2H3,(H,22,27). The van der Waals surface area contributed by atoms with Crippen molar-refractivity contribution in [1.82, 2.24) is 14.8 Å². The minimum Gasteiger partial charge on any atom is -0.486 e. The number of anilines is 1. The fraction of sp³-hybridized carbons (Fsp3) is 0.190. The quantitative estimate of drug-likeness (QED) is 0.220. The van der Waals surface area contributed by atoms with E-state index in [-0.39, 0.29) is 24.0 Å². The topological polar surface area (TPSA) is 112 Å². The van der Waals surface area contributed by atoms with Crippen molar-refractivity contribution in [3.63, 3.8) is 0 Å². The summed E-state index contributed by atoms with van der Waals surface area (Å²) in [7, 11) is 0. The van der Waals surface area contributed by atoms with Gasteiger partial charge in [0.1, 0.15) is 12.4 Å². The molecule has 1 heterocycles. The molecule has 10 heteroatoms. The number of hydrogen-bond acceptors (Lipinski definition) is 7. The number of amides is 1. The normalized spacial score (nSPS) is 10.5. The van der Waals surface area contributed by atoms with E-state index in [1.165, 1.54) is 30.0 Å². The van der Waals surface area contributed by atoms with Crippen LogP contribution in [0.2, 0.25) is 0 Å². The number of non-ortho nitro benzene ring substituents is 1. The molecule has 0 fully saturated rings. The Morgan fingerprint density at radius 3 is 2.74 bits per heavy atom. The van der Waals surface area contributed by atoms with Crippen LogP contribution in [-0.2, 0) is 17.9 Å². The van der Waals surface area contributed by atoms with E-state index in [9.17, 15) is 14.9 Å². The van der Waals surface area contributed by atoms with Gasteiger partial charge in [-0.2, -0.15) is 0 Å². The van der Waals surface area contributed by atoms with Crippen LogP contribution in [-0.4, -0.2) is 31.3 Å². The van der Waals surface area contributed by atoms with E-state index in [1.54, 1.807) is 13.0 Å². The molecule has 1 aromatic heterocycles. The molecule has 0 spiro atoms. The van der Waals surface area contributed by atoms with Crippen molar-refractivity contribution in [1.29, 1.82) is 0 Å². The van der Waals surface area contributed by atoms with E-state index in [0.717, 1.165) is 5.75 Å². The van der Waals surface area contributed by atoms with E-state index in [1.807, 2.05) is 34.9 Å². The van der Waals surface area contributed by atoms with Crippen LogP contribution < -0.4 is 10.1 Å². The number of carbonyl (C=O) groups is 1. The largest absolute Gasteiger partial charge is 0.486 e. The van der Waals surface area contributed by atoms with Gasteiger partial charge in [0.2, 0.25) is 5.91 Å². The van der Waals surface area contributed by atoms with Gasteiger partial charge in [0.15, 0.2) is 11.0 Å². The molecule has 0 unspecified atom stereocenters. The minimum absolute atomic E-state index is 0.0207. The smallest absolute Gasteiger partial charge is 0.269 e. The third-order valence-electron chi connectivity index (χ3n) is 4.24. The van der Waals surface area contributed by atoms with Crippen LogP contribution in [0.3, 0.4) is 0 Å². The highest BCUT2D eigenvalue weighted by molar-refractivity contribution is 7.99. The highest BCUT2D eigenvalue weighted by Gasteiger charge is 2.15.